The van der Waals surface area contributed by atoms with E-state index in [9.17, 15) is 9.90 Å². The van der Waals surface area contributed by atoms with Gasteiger partial charge in [-0.1, -0.05) is 30.3 Å². The number of aromatic nitrogens is 2. The lowest BCUT2D eigenvalue weighted by Crippen LogP contribution is -2.35. The summed E-state index contributed by atoms with van der Waals surface area (Å²) in [6.45, 7) is 6.03. The maximum Gasteiger partial charge on any atom is 0.246 e. The average molecular weight is 337 g/mol. The number of imidazole rings is 1. The number of hydrogen-bond acceptors (Lipinski definition) is 3. The monoisotopic (exact) mass is 337 g/mol. The number of carbonyl (C=O) groups is 1. The van der Waals surface area contributed by atoms with Crippen molar-refractivity contribution in [3.05, 3.63) is 60.4 Å². The van der Waals surface area contributed by atoms with Gasteiger partial charge in [0.25, 0.3) is 0 Å². The quantitative estimate of drug-likeness (QED) is 0.777. The van der Waals surface area contributed by atoms with Crippen molar-refractivity contribution in [1.82, 2.24) is 9.55 Å². The number of anilines is 1. The Morgan fingerprint density at radius 3 is 2.40 bits per heavy atom. The van der Waals surface area contributed by atoms with E-state index in [0.29, 0.717) is 12.4 Å². The van der Waals surface area contributed by atoms with Gasteiger partial charge in [-0.15, -0.1) is 0 Å². The fourth-order valence-electron chi connectivity index (χ4n) is 3.03. The Bertz CT molecular complexity index is 879. The van der Waals surface area contributed by atoms with Crippen LogP contribution < -0.4 is 4.90 Å². The molecule has 5 heteroatoms. The second-order valence-corrected chi connectivity index (χ2v) is 6.54. The first-order valence-corrected chi connectivity index (χ1v) is 8.45. The molecule has 2 aromatic carbocycles. The number of rotatable bonds is 5. The molecule has 3 rings (SSSR count). The molecule has 1 aromatic heterocycles. The fraction of sp³-hybridized carbons (Fsp3) is 0.300. The van der Waals surface area contributed by atoms with Gasteiger partial charge in [0.2, 0.25) is 5.91 Å². The van der Waals surface area contributed by atoms with E-state index in [0.717, 1.165) is 16.7 Å². The summed E-state index contributed by atoms with van der Waals surface area (Å²) in [5.41, 5.74) is 1.35. The molecule has 0 spiro atoms. The lowest BCUT2D eigenvalue weighted by molar-refractivity contribution is -0.119. The van der Waals surface area contributed by atoms with Crippen LogP contribution in [0.15, 0.2) is 54.6 Å². The Hall–Kier alpha value is -2.66. The van der Waals surface area contributed by atoms with Gasteiger partial charge in [0.15, 0.2) is 0 Å². The van der Waals surface area contributed by atoms with Gasteiger partial charge in [-0.3, -0.25) is 4.79 Å². The van der Waals surface area contributed by atoms with Crippen LogP contribution in [0.2, 0.25) is 0 Å². The molecule has 25 heavy (non-hydrogen) atoms. The number of nitrogens with zero attached hydrogens (tertiary/aromatic N) is 3. The fourth-order valence-corrected chi connectivity index (χ4v) is 3.03. The van der Waals surface area contributed by atoms with Crippen molar-refractivity contribution in [2.45, 2.75) is 32.9 Å². The van der Waals surface area contributed by atoms with E-state index in [1.807, 2.05) is 66.1 Å². The van der Waals surface area contributed by atoms with Crippen LogP contribution in [-0.4, -0.2) is 27.1 Å². The van der Waals surface area contributed by atoms with Crippen molar-refractivity contribution >= 4 is 22.6 Å². The number of benzene rings is 2. The molecular weight excluding hydrogens is 314 g/mol. The molecule has 3 aromatic rings. The molecule has 1 amide bonds. The maximum atomic E-state index is 13.0. The first-order chi connectivity index (χ1) is 11.9. The summed E-state index contributed by atoms with van der Waals surface area (Å²) in [6.07, 6.45) is 0. The number of amides is 1. The Morgan fingerprint density at radius 2 is 1.76 bits per heavy atom. The van der Waals surface area contributed by atoms with Gasteiger partial charge in [-0.2, -0.15) is 0 Å². The standard InChI is InChI=1S/C20H23N3O2/c1-4-22(15-10-6-5-7-11-15)18(24)14-23-17-13-9-8-12-16(17)21-19(23)20(2,3)25/h5-13,25H,4,14H2,1-3H3. The smallest absolute Gasteiger partial charge is 0.246 e. The lowest BCUT2D eigenvalue weighted by atomic mass is 10.1. The van der Waals surface area contributed by atoms with E-state index in [1.165, 1.54) is 0 Å². The van der Waals surface area contributed by atoms with Crippen LogP contribution in [0.3, 0.4) is 0 Å². The zero-order valence-corrected chi connectivity index (χ0v) is 14.8. The van der Waals surface area contributed by atoms with Crippen molar-refractivity contribution in [3.63, 3.8) is 0 Å². The molecule has 0 fully saturated rings. The Labute approximate surface area is 147 Å². The van der Waals surface area contributed by atoms with Gasteiger partial charge >= 0.3 is 0 Å². The van der Waals surface area contributed by atoms with E-state index in [4.69, 9.17) is 0 Å². The largest absolute Gasteiger partial charge is 0.383 e. The van der Waals surface area contributed by atoms with E-state index in [2.05, 4.69) is 4.98 Å². The van der Waals surface area contributed by atoms with Gasteiger partial charge in [0.05, 0.1) is 11.0 Å². The molecule has 0 saturated heterocycles. The summed E-state index contributed by atoms with van der Waals surface area (Å²) in [5, 5.41) is 10.5. The summed E-state index contributed by atoms with van der Waals surface area (Å²) < 4.78 is 1.81. The highest BCUT2D eigenvalue weighted by Gasteiger charge is 2.26. The van der Waals surface area contributed by atoms with E-state index in [1.54, 1.807) is 18.7 Å². The molecule has 1 heterocycles. The molecule has 5 nitrogen and oxygen atoms in total. The molecule has 130 valence electrons. The molecule has 0 atom stereocenters. The molecule has 0 bridgehead atoms. The summed E-state index contributed by atoms with van der Waals surface area (Å²) in [5.74, 6) is 0.452. The molecule has 0 saturated carbocycles. The molecular formula is C20H23N3O2. The van der Waals surface area contributed by atoms with Gasteiger partial charge in [-0.05, 0) is 45.0 Å². The number of para-hydroxylation sites is 3. The van der Waals surface area contributed by atoms with Crippen LogP contribution in [0, 0.1) is 0 Å². The highest BCUT2D eigenvalue weighted by molar-refractivity contribution is 5.94. The van der Waals surface area contributed by atoms with E-state index >= 15 is 0 Å². The SMILES string of the molecule is CCN(C(=O)Cn1c(C(C)(C)O)nc2ccccc21)c1ccccc1. The first-order valence-electron chi connectivity index (χ1n) is 8.45. The molecule has 0 aliphatic carbocycles. The Morgan fingerprint density at radius 1 is 1.12 bits per heavy atom. The molecule has 0 radical (unpaired) electrons. The molecule has 0 aliphatic rings. The second-order valence-electron chi connectivity index (χ2n) is 6.54. The predicted molar refractivity (Wildman–Crippen MR) is 99.4 cm³/mol. The number of likely N-dealkylation sites (N-methyl/N-ethyl adjacent to an activating group) is 1. The molecule has 0 unspecified atom stereocenters. The van der Waals surface area contributed by atoms with Crippen LogP contribution in [0.25, 0.3) is 11.0 Å². The van der Waals surface area contributed by atoms with Crippen molar-refractivity contribution in [2.75, 3.05) is 11.4 Å². The van der Waals surface area contributed by atoms with Crippen LogP contribution >= 0.6 is 0 Å². The minimum Gasteiger partial charge on any atom is -0.383 e. The van der Waals surface area contributed by atoms with Crippen LogP contribution in [-0.2, 0) is 16.9 Å². The van der Waals surface area contributed by atoms with Crippen molar-refractivity contribution in [2.24, 2.45) is 0 Å². The third-order valence-corrected chi connectivity index (χ3v) is 4.18. The maximum absolute atomic E-state index is 13.0. The van der Waals surface area contributed by atoms with Crippen molar-refractivity contribution in [3.8, 4) is 0 Å². The number of fused-ring (bicyclic) bond motifs is 1. The normalized spacial score (nSPS) is 11.7. The third kappa shape index (κ3) is 3.42. The van der Waals surface area contributed by atoms with E-state index in [-0.39, 0.29) is 12.5 Å². The zero-order chi connectivity index (χ0) is 18.0. The lowest BCUT2D eigenvalue weighted by Gasteiger charge is -2.24. The first kappa shape index (κ1) is 17.2. The topological polar surface area (TPSA) is 58.4 Å². The average Bonchev–Trinajstić information content (AvgIpc) is 2.96. The van der Waals surface area contributed by atoms with Crippen LogP contribution in [0.1, 0.15) is 26.6 Å². The summed E-state index contributed by atoms with van der Waals surface area (Å²) >= 11 is 0. The number of aliphatic hydroxyl groups is 1. The van der Waals surface area contributed by atoms with Crippen LogP contribution in [0.5, 0.6) is 0 Å². The third-order valence-electron chi connectivity index (χ3n) is 4.18. The van der Waals surface area contributed by atoms with Gasteiger partial charge < -0.3 is 14.6 Å². The Balaban J connectivity index is 2.00. The second kappa shape index (κ2) is 6.69. The summed E-state index contributed by atoms with van der Waals surface area (Å²) in [4.78, 5) is 19.2. The minimum atomic E-state index is -1.14. The highest BCUT2D eigenvalue weighted by Crippen LogP contribution is 2.25. The van der Waals surface area contributed by atoms with Crippen LogP contribution in [0.4, 0.5) is 5.69 Å². The Kier molecular flexibility index (Phi) is 4.59. The number of carbonyl (C=O) groups excluding carboxylic acids is 1. The predicted octanol–water partition coefficient (Wildman–Crippen LogP) is 3.32. The molecule has 0 aliphatic heterocycles. The number of hydrogen-bond donors (Lipinski definition) is 1. The van der Waals surface area contributed by atoms with Crippen molar-refractivity contribution in [1.29, 1.82) is 0 Å². The van der Waals surface area contributed by atoms with E-state index < -0.39 is 5.60 Å². The van der Waals surface area contributed by atoms with Crippen molar-refractivity contribution < 1.29 is 9.90 Å². The zero-order valence-electron chi connectivity index (χ0n) is 14.8. The van der Waals surface area contributed by atoms with Gasteiger partial charge in [0, 0.05) is 12.2 Å². The van der Waals surface area contributed by atoms with Gasteiger partial charge in [-0.25, -0.2) is 4.98 Å². The minimum absolute atomic E-state index is 0.0395. The summed E-state index contributed by atoms with van der Waals surface area (Å²) in [7, 11) is 0. The highest BCUT2D eigenvalue weighted by atomic mass is 16.3. The summed E-state index contributed by atoms with van der Waals surface area (Å²) in [6, 6.07) is 17.2. The van der Waals surface area contributed by atoms with Gasteiger partial charge in [0.1, 0.15) is 18.0 Å². The molecule has 1 N–H and O–H groups in total.